The first-order chi connectivity index (χ1) is 9.00. The molecule has 0 amide bonds. The minimum Gasteiger partial charge on any atom is -0.380 e. The molecule has 0 bridgehead atoms. The van der Waals surface area contributed by atoms with Gasteiger partial charge < -0.3 is 5.11 Å². The van der Waals surface area contributed by atoms with Crippen molar-refractivity contribution in [3.8, 4) is 0 Å². The van der Waals surface area contributed by atoms with Crippen LogP contribution in [0.1, 0.15) is 24.5 Å². The first-order valence-electron chi connectivity index (χ1n) is 5.92. The van der Waals surface area contributed by atoms with E-state index in [1.54, 1.807) is 6.92 Å². The molecule has 0 fully saturated rings. The van der Waals surface area contributed by atoms with Crippen LogP contribution >= 0.6 is 0 Å². The van der Waals surface area contributed by atoms with E-state index in [4.69, 9.17) is 0 Å². The molecule has 1 nitrogen and oxygen atoms in total. The highest BCUT2D eigenvalue weighted by molar-refractivity contribution is 5.37. The smallest absolute Gasteiger partial charge is 0.165 e. The summed E-state index contributed by atoms with van der Waals surface area (Å²) in [6.07, 6.45) is 0.0221. The van der Waals surface area contributed by atoms with Gasteiger partial charge in [-0.3, -0.25) is 0 Å². The Bertz CT molecular complexity index is 598. The molecule has 2 aromatic rings. The Morgan fingerprint density at radius 3 is 2.11 bits per heavy atom. The normalized spacial score (nSPS) is 14.2. The summed E-state index contributed by atoms with van der Waals surface area (Å²) in [6.45, 7) is 1.58. The molecular weight excluding hydrogens is 253 g/mol. The molecule has 0 aromatic heterocycles. The van der Waals surface area contributed by atoms with Gasteiger partial charge in [-0.15, -0.1) is 0 Å². The first kappa shape index (κ1) is 13.6. The molecule has 0 saturated carbocycles. The van der Waals surface area contributed by atoms with Gasteiger partial charge >= 0.3 is 0 Å². The molecule has 4 heteroatoms. The Kier molecular flexibility index (Phi) is 3.62. The average Bonchev–Trinajstić information content (AvgIpc) is 2.41. The van der Waals surface area contributed by atoms with Gasteiger partial charge in [0.1, 0.15) is 11.4 Å². The second-order valence-electron chi connectivity index (χ2n) is 4.30. The zero-order chi connectivity index (χ0) is 14.0. The largest absolute Gasteiger partial charge is 0.380 e. The molecule has 2 aromatic carbocycles. The lowest BCUT2D eigenvalue weighted by Gasteiger charge is -2.28. The molecule has 1 N–H and O–H groups in total. The van der Waals surface area contributed by atoms with Gasteiger partial charge in [0.15, 0.2) is 11.6 Å². The van der Waals surface area contributed by atoms with E-state index in [0.29, 0.717) is 0 Å². The van der Waals surface area contributed by atoms with Gasteiger partial charge in [0, 0.05) is 11.1 Å². The number of benzene rings is 2. The molecule has 100 valence electrons. The lowest BCUT2D eigenvalue weighted by atomic mass is 9.83. The van der Waals surface area contributed by atoms with Crippen LogP contribution in [0.25, 0.3) is 0 Å². The van der Waals surface area contributed by atoms with Crippen LogP contribution in [0.2, 0.25) is 0 Å². The van der Waals surface area contributed by atoms with E-state index in [-0.39, 0.29) is 17.5 Å². The summed E-state index contributed by atoms with van der Waals surface area (Å²) in [4.78, 5) is 0. The molecule has 0 saturated heterocycles. The summed E-state index contributed by atoms with van der Waals surface area (Å²) >= 11 is 0. The SMILES string of the molecule is CCC(O)(c1ccccc1F)c1cccc(F)c1F. The van der Waals surface area contributed by atoms with E-state index in [1.807, 2.05) is 0 Å². The number of halogens is 3. The molecule has 0 spiro atoms. The van der Waals surface area contributed by atoms with Crippen molar-refractivity contribution in [1.82, 2.24) is 0 Å². The highest BCUT2D eigenvalue weighted by atomic mass is 19.2. The van der Waals surface area contributed by atoms with Crippen LogP contribution in [0.3, 0.4) is 0 Å². The van der Waals surface area contributed by atoms with Crippen LogP contribution in [-0.2, 0) is 5.60 Å². The van der Waals surface area contributed by atoms with Gasteiger partial charge in [0.25, 0.3) is 0 Å². The van der Waals surface area contributed by atoms with E-state index in [0.717, 1.165) is 6.07 Å². The van der Waals surface area contributed by atoms with Crippen molar-refractivity contribution < 1.29 is 18.3 Å². The predicted molar refractivity (Wildman–Crippen MR) is 66.0 cm³/mol. The molecule has 0 radical (unpaired) electrons. The van der Waals surface area contributed by atoms with Crippen molar-refractivity contribution in [2.45, 2.75) is 18.9 Å². The Hall–Kier alpha value is -1.81. The van der Waals surface area contributed by atoms with Crippen molar-refractivity contribution in [3.63, 3.8) is 0 Å². The maximum Gasteiger partial charge on any atom is 0.165 e. The maximum atomic E-state index is 13.8. The third kappa shape index (κ3) is 2.24. The van der Waals surface area contributed by atoms with E-state index >= 15 is 0 Å². The lowest BCUT2D eigenvalue weighted by molar-refractivity contribution is 0.0679. The summed E-state index contributed by atoms with van der Waals surface area (Å²) in [6, 6.07) is 9.04. The maximum absolute atomic E-state index is 13.8. The quantitative estimate of drug-likeness (QED) is 0.897. The van der Waals surface area contributed by atoms with Crippen molar-refractivity contribution in [2.75, 3.05) is 0 Å². The van der Waals surface area contributed by atoms with Crippen LogP contribution in [0.5, 0.6) is 0 Å². The molecule has 2 rings (SSSR count). The molecular formula is C15H13F3O. The lowest BCUT2D eigenvalue weighted by Crippen LogP contribution is -2.29. The van der Waals surface area contributed by atoms with Crippen molar-refractivity contribution in [3.05, 3.63) is 71.0 Å². The van der Waals surface area contributed by atoms with Gasteiger partial charge in [-0.25, -0.2) is 13.2 Å². The summed E-state index contributed by atoms with van der Waals surface area (Å²) in [5.74, 6) is -2.88. The molecule has 0 aliphatic heterocycles. The monoisotopic (exact) mass is 266 g/mol. The van der Waals surface area contributed by atoms with Crippen LogP contribution in [0.15, 0.2) is 42.5 Å². The van der Waals surface area contributed by atoms with E-state index in [9.17, 15) is 18.3 Å². The highest BCUT2D eigenvalue weighted by Gasteiger charge is 2.35. The van der Waals surface area contributed by atoms with Crippen molar-refractivity contribution in [1.29, 1.82) is 0 Å². The number of hydrogen-bond donors (Lipinski definition) is 1. The van der Waals surface area contributed by atoms with Gasteiger partial charge in [-0.1, -0.05) is 37.3 Å². The van der Waals surface area contributed by atoms with Gasteiger partial charge in [0.2, 0.25) is 0 Å². The summed E-state index contributed by atoms with van der Waals surface area (Å²) in [7, 11) is 0. The van der Waals surface area contributed by atoms with Crippen LogP contribution < -0.4 is 0 Å². The van der Waals surface area contributed by atoms with Crippen LogP contribution in [-0.4, -0.2) is 5.11 Å². The summed E-state index contributed by atoms with van der Waals surface area (Å²) in [5, 5.41) is 10.6. The summed E-state index contributed by atoms with van der Waals surface area (Å²) in [5.41, 5.74) is -2.22. The molecule has 0 heterocycles. The Morgan fingerprint density at radius 1 is 0.895 bits per heavy atom. The van der Waals surface area contributed by atoms with E-state index in [2.05, 4.69) is 0 Å². The zero-order valence-electron chi connectivity index (χ0n) is 10.3. The highest BCUT2D eigenvalue weighted by Crippen LogP contribution is 2.36. The second kappa shape index (κ2) is 5.05. The van der Waals surface area contributed by atoms with E-state index in [1.165, 1.54) is 36.4 Å². The molecule has 0 aliphatic carbocycles. The van der Waals surface area contributed by atoms with E-state index < -0.39 is 23.1 Å². The predicted octanol–water partition coefficient (Wildman–Crippen LogP) is 3.75. The van der Waals surface area contributed by atoms with Crippen LogP contribution in [0, 0.1) is 17.5 Å². The fourth-order valence-electron chi connectivity index (χ4n) is 2.15. The Labute approximate surface area is 109 Å². The molecule has 1 atom stereocenters. The number of rotatable bonds is 3. The first-order valence-corrected chi connectivity index (χ1v) is 5.92. The Morgan fingerprint density at radius 2 is 1.47 bits per heavy atom. The fourth-order valence-corrected chi connectivity index (χ4v) is 2.15. The zero-order valence-corrected chi connectivity index (χ0v) is 10.3. The Balaban J connectivity index is 2.67. The van der Waals surface area contributed by atoms with Gasteiger partial charge in [0.05, 0.1) is 0 Å². The number of hydrogen-bond acceptors (Lipinski definition) is 1. The van der Waals surface area contributed by atoms with Gasteiger partial charge in [-0.05, 0) is 18.6 Å². The minimum atomic E-state index is -1.89. The van der Waals surface area contributed by atoms with Crippen molar-refractivity contribution >= 4 is 0 Å². The van der Waals surface area contributed by atoms with Crippen molar-refractivity contribution in [2.24, 2.45) is 0 Å². The molecule has 1 unspecified atom stereocenters. The molecule has 0 aliphatic rings. The third-order valence-corrected chi connectivity index (χ3v) is 3.23. The topological polar surface area (TPSA) is 20.2 Å². The fraction of sp³-hybridized carbons (Fsp3) is 0.200. The average molecular weight is 266 g/mol. The standard InChI is InChI=1S/C15H13F3O/c1-2-15(19,10-6-3-4-8-12(10)16)11-7-5-9-13(17)14(11)18/h3-9,19H,2H2,1H3. The molecule has 19 heavy (non-hydrogen) atoms. The minimum absolute atomic E-state index is 0.0221. The van der Waals surface area contributed by atoms with Crippen LogP contribution in [0.4, 0.5) is 13.2 Å². The third-order valence-electron chi connectivity index (χ3n) is 3.23. The summed E-state index contributed by atoms with van der Waals surface area (Å²) < 4.78 is 40.9. The second-order valence-corrected chi connectivity index (χ2v) is 4.30. The van der Waals surface area contributed by atoms with Gasteiger partial charge in [-0.2, -0.15) is 0 Å². The number of aliphatic hydroxyl groups is 1.